The molecule has 0 unspecified atom stereocenters. The molecule has 0 bridgehead atoms. The van der Waals surface area contributed by atoms with Gasteiger partial charge in [-0.2, -0.15) is 5.10 Å². The molecule has 0 aromatic carbocycles. The van der Waals surface area contributed by atoms with Gasteiger partial charge in [0.25, 0.3) is 0 Å². The minimum Gasteiger partial charge on any atom is -0.216 e. The Bertz CT molecular complexity index is 531. The highest BCUT2D eigenvalue weighted by atomic mass is 35.5. The summed E-state index contributed by atoms with van der Waals surface area (Å²) < 4.78 is 1.65. The largest absolute Gasteiger partial charge is 0.216 e. The molecule has 2 aromatic heterocycles. The molecule has 0 saturated carbocycles. The monoisotopic (exact) mass is 243 g/mol. The third kappa shape index (κ3) is 1.50. The number of aromatic nitrogens is 3. The smallest absolute Gasteiger partial charge is 0.161 e. The van der Waals surface area contributed by atoms with Gasteiger partial charge in [-0.15, -0.1) is 0 Å². The first kappa shape index (κ1) is 10.7. The van der Waals surface area contributed by atoms with Gasteiger partial charge >= 0.3 is 0 Å². The summed E-state index contributed by atoms with van der Waals surface area (Å²) in [6.45, 7) is 5.85. The predicted octanol–water partition coefficient (Wildman–Crippen LogP) is 3.22. The van der Waals surface area contributed by atoms with E-state index in [2.05, 4.69) is 17.0 Å². The molecule has 0 saturated heterocycles. The van der Waals surface area contributed by atoms with Crippen molar-refractivity contribution >= 4 is 28.8 Å². The summed E-state index contributed by atoms with van der Waals surface area (Å²) in [5, 5.41) is 5.33. The first-order valence-electron chi connectivity index (χ1n) is 4.76. The lowest BCUT2D eigenvalue weighted by molar-refractivity contribution is 0.908. The Balaban J connectivity index is 2.92. The Morgan fingerprint density at radius 2 is 1.93 bits per heavy atom. The van der Waals surface area contributed by atoms with Gasteiger partial charge < -0.3 is 0 Å². The van der Waals surface area contributed by atoms with Crippen molar-refractivity contribution in [3.8, 4) is 0 Å². The Hall–Kier alpha value is -0.800. The Labute approximate surface area is 98.0 Å². The van der Waals surface area contributed by atoms with Crippen LogP contribution in [-0.4, -0.2) is 14.6 Å². The lowest BCUT2D eigenvalue weighted by atomic mass is 10.2. The molecule has 0 aliphatic carbocycles. The molecule has 2 aromatic rings. The Kier molecular flexibility index (Phi) is 2.61. The van der Waals surface area contributed by atoms with Crippen molar-refractivity contribution in [3.63, 3.8) is 0 Å². The molecular weight excluding hydrogens is 233 g/mol. The SMILES string of the molecule is CCc1c(C)nn2c(Cl)c(C)c(Cl)nc12. The highest BCUT2D eigenvalue weighted by Crippen LogP contribution is 2.25. The molecule has 0 fully saturated rings. The van der Waals surface area contributed by atoms with Crippen LogP contribution in [0.2, 0.25) is 10.3 Å². The summed E-state index contributed by atoms with van der Waals surface area (Å²) in [5.74, 6) is 0. The average Bonchev–Trinajstić information content (AvgIpc) is 2.51. The van der Waals surface area contributed by atoms with Crippen LogP contribution < -0.4 is 0 Å². The third-order valence-electron chi connectivity index (χ3n) is 2.52. The fraction of sp³-hybridized carbons (Fsp3) is 0.400. The summed E-state index contributed by atoms with van der Waals surface area (Å²) in [7, 11) is 0. The molecule has 0 aliphatic rings. The quantitative estimate of drug-likeness (QED) is 0.721. The van der Waals surface area contributed by atoms with Gasteiger partial charge in [0.15, 0.2) is 5.65 Å². The standard InChI is InChI=1S/C10H11Cl2N3/c1-4-7-6(3)14-15-9(12)5(2)8(11)13-10(7)15/h4H2,1-3H3. The molecule has 0 aliphatic heterocycles. The number of aryl methyl sites for hydroxylation is 2. The Morgan fingerprint density at radius 1 is 1.27 bits per heavy atom. The highest BCUT2D eigenvalue weighted by molar-refractivity contribution is 6.34. The van der Waals surface area contributed by atoms with Gasteiger partial charge in [-0.25, -0.2) is 9.50 Å². The molecule has 0 amide bonds. The fourth-order valence-corrected chi connectivity index (χ4v) is 2.06. The predicted molar refractivity (Wildman–Crippen MR) is 61.9 cm³/mol. The number of nitrogens with zero attached hydrogens (tertiary/aromatic N) is 3. The second kappa shape index (κ2) is 3.65. The number of hydrogen-bond acceptors (Lipinski definition) is 2. The first-order valence-corrected chi connectivity index (χ1v) is 5.51. The highest BCUT2D eigenvalue weighted by Gasteiger charge is 2.14. The topological polar surface area (TPSA) is 30.2 Å². The number of fused-ring (bicyclic) bond motifs is 1. The van der Waals surface area contributed by atoms with Gasteiger partial charge in [0, 0.05) is 11.1 Å². The van der Waals surface area contributed by atoms with Crippen LogP contribution in [0.5, 0.6) is 0 Å². The van der Waals surface area contributed by atoms with Crippen LogP contribution in [0.3, 0.4) is 0 Å². The molecule has 0 N–H and O–H groups in total. The van der Waals surface area contributed by atoms with E-state index >= 15 is 0 Å². The molecule has 0 radical (unpaired) electrons. The van der Waals surface area contributed by atoms with Gasteiger partial charge in [0.05, 0.1) is 5.69 Å². The van der Waals surface area contributed by atoms with E-state index in [9.17, 15) is 0 Å². The van der Waals surface area contributed by atoms with Crippen LogP contribution in [-0.2, 0) is 6.42 Å². The third-order valence-corrected chi connectivity index (χ3v) is 3.33. The van der Waals surface area contributed by atoms with Crippen molar-refractivity contribution in [2.45, 2.75) is 27.2 Å². The van der Waals surface area contributed by atoms with Gasteiger partial charge in [-0.3, -0.25) is 0 Å². The Morgan fingerprint density at radius 3 is 2.53 bits per heavy atom. The second-order valence-electron chi connectivity index (χ2n) is 3.47. The first-order chi connectivity index (χ1) is 7.06. The molecule has 5 heteroatoms. The molecule has 0 atom stereocenters. The van der Waals surface area contributed by atoms with Crippen molar-refractivity contribution in [1.82, 2.24) is 14.6 Å². The van der Waals surface area contributed by atoms with Crippen LogP contribution in [0, 0.1) is 13.8 Å². The van der Waals surface area contributed by atoms with E-state index < -0.39 is 0 Å². The number of hydrogen-bond donors (Lipinski definition) is 0. The number of halogens is 2. The average molecular weight is 244 g/mol. The zero-order valence-electron chi connectivity index (χ0n) is 8.80. The van der Waals surface area contributed by atoms with Crippen LogP contribution >= 0.6 is 23.2 Å². The zero-order valence-corrected chi connectivity index (χ0v) is 10.3. The van der Waals surface area contributed by atoms with E-state index in [0.29, 0.717) is 10.3 Å². The molecule has 3 nitrogen and oxygen atoms in total. The maximum absolute atomic E-state index is 6.15. The fourth-order valence-electron chi connectivity index (χ4n) is 1.63. The minimum atomic E-state index is 0.446. The second-order valence-corrected chi connectivity index (χ2v) is 4.19. The van der Waals surface area contributed by atoms with E-state index in [1.165, 1.54) is 0 Å². The van der Waals surface area contributed by atoms with Crippen LogP contribution in [0.15, 0.2) is 0 Å². The van der Waals surface area contributed by atoms with Gasteiger partial charge in [0.1, 0.15) is 10.3 Å². The van der Waals surface area contributed by atoms with Crippen molar-refractivity contribution in [2.75, 3.05) is 0 Å². The van der Waals surface area contributed by atoms with Gasteiger partial charge in [-0.05, 0) is 20.3 Å². The van der Waals surface area contributed by atoms with Crippen LogP contribution in [0.4, 0.5) is 0 Å². The molecule has 2 rings (SSSR count). The van der Waals surface area contributed by atoms with Crippen molar-refractivity contribution < 1.29 is 0 Å². The maximum Gasteiger partial charge on any atom is 0.161 e. The number of rotatable bonds is 1. The normalized spacial score (nSPS) is 11.3. The van der Waals surface area contributed by atoms with Crippen LogP contribution in [0.1, 0.15) is 23.7 Å². The van der Waals surface area contributed by atoms with Gasteiger partial charge in [-0.1, -0.05) is 30.1 Å². The van der Waals surface area contributed by atoms with Crippen molar-refractivity contribution in [3.05, 3.63) is 27.1 Å². The molecule has 80 valence electrons. The summed E-state index contributed by atoms with van der Waals surface area (Å²) in [4.78, 5) is 4.31. The summed E-state index contributed by atoms with van der Waals surface area (Å²) in [6.07, 6.45) is 0.873. The van der Waals surface area contributed by atoms with E-state index in [1.54, 1.807) is 4.52 Å². The van der Waals surface area contributed by atoms with Crippen molar-refractivity contribution in [1.29, 1.82) is 0 Å². The summed E-state index contributed by atoms with van der Waals surface area (Å²) in [6, 6.07) is 0. The van der Waals surface area contributed by atoms with Crippen molar-refractivity contribution in [2.24, 2.45) is 0 Å². The van der Waals surface area contributed by atoms with E-state index in [0.717, 1.165) is 28.9 Å². The lowest BCUT2D eigenvalue weighted by Crippen LogP contribution is -1.97. The lowest BCUT2D eigenvalue weighted by Gasteiger charge is -2.03. The van der Waals surface area contributed by atoms with E-state index in [4.69, 9.17) is 23.2 Å². The van der Waals surface area contributed by atoms with E-state index in [-0.39, 0.29) is 0 Å². The molecule has 0 spiro atoms. The summed E-state index contributed by atoms with van der Waals surface area (Å²) >= 11 is 12.1. The maximum atomic E-state index is 6.15. The van der Waals surface area contributed by atoms with Gasteiger partial charge in [0.2, 0.25) is 0 Å². The minimum absolute atomic E-state index is 0.446. The van der Waals surface area contributed by atoms with E-state index in [1.807, 2.05) is 13.8 Å². The summed E-state index contributed by atoms with van der Waals surface area (Å²) in [5.41, 5.74) is 3.57. The molecular formula is C10H11Cl2N3. The zero-order chi connectivity index (χ0) is 11.2. The van der Waals surface area contributed by atoms with Crippen LogP contribution in [0.25, 0.3) is 5.65 Å². The molecule has 15 heavy (non-hydrogen) atoms. The molecule has 2 heterocycles.